The van der Waals surface area contributed by atoms with E-state index in [0.29, 0.717) is 12.2 Å². The summed E-state index contributed by atoms with van der Waals surface area (Å²) < 4.78 is 0. The molecule has 0 rings (SSSR count). The number of thioether (sulfide) groups is 1. The first-order valence-electron chi connectivity index (χ1n) is 4.17. The molecule has 0 aromatic rings. The molecule has 0 aliphatic rings. The van der Waals surface area contributed by atoms with Gasteiger partial charge in [0.15, 0.2) is 0 Å². The highest BCUT2D eigenvalue weighted by Gasteiger charge is 2.03. The highest BCUT2D eigenvalue weighted by molar-refractivity contribution is 7.99. The SMILES string of the molecule is CC(C)NC(=O)CCSCC(N)=O. The summed E-state index contributed by atoms with van der Waals surface area (Å²) >= 11 is 1.38. The van der Waals surface area contributed by atoms with Crippen LogP contribution in [0, 0.1) is 0 Å². The molecule has 4 nitrogen and oxygen atoms in total. The minimum atomic E-state index is -0.339. The predicted octanol–water partition coefficient (Wildman–Crippen LogP) is 0.120. The molecular formula is C8H16N2O2S. The maximum absolute atomic E-state index is 11.1. The van der Waals surface area contributed by atoms with E-state index in [4.69, 9.17) is 5.73 Å². The maximum Gasteiger partial charge on any atom is 0.227 e. The molecule has 3 N–H and O–H groups in total. The van der Waals surface area contributed by atoms with Crippen molar-refractivity contribution in [2.24, 2.45) is 5.73 Å². The zero-order valence-electron chi connectivity index (χ0n) is 8.00. The average molecular weight is 204 g/mol. The molecule has 0 atom stereocenters. The summed E-state index contributed by atoms with van der Waals surface area (Å²) in [7, 11) is 0. The average Bonchev–Trinajstić information content (AvgIpc) is 1.96. The van der Waals surface area contributed by atoms with Crippen LogP contribution in [-0.2, 0) is 9.59 Å². The van der Waals surface area contributed by atoms with Gasteiger partial charge in [0.2, 0.25) is 11.8 Å². The Hall–Kier alpha value is -0.710. The van der Waals surface area contributed by atoms with Crippen LogP contribution in [0.1, 0.15) is 20.3 Å². The summed E-state index contributed by atoms with van der Waals surface area (Å²) in [5.74, 6) is 0.609. The molecule has 2 amide bonds. The van der Waals surface area contributed by atoms with Gasteiger partial charge in [-0.05, 0) is 13.8 Å². The number of nitrogens with two attached hydrogens (primary N) is 1. The van der Waals surface area contributed by atoms with E-state index in [1.165, 1.54) is 11.8 Å². The van der Waals surface area contributed by atoms with Gasteiger partial charge in [0.05, 0.1) is 5.75 Å². The van der Waals surface area contributed by atoms with Crippen molar-refractivity contribution in [3.05, 3.63) is 0 Å². The van der Waals surface area contributed by atoms with E-state index in [-0.39, 0.29) is 23.6 Å². The van der Waals surface area contributed by atoms with E-state index >= 15 is 0 Å². The normalized spacial score (nSPS) is 10.1. The third-order valence-electron chi connectivity index (χ3n) is 1.17. The third kappa shape index (κ3) is 9.20. The lowest BCUT2D eigenvalue weighted by molar-refractivity contribution is -0.121. The molecule has 13 heavy (non-hydrogen) atoms. The first-order chi connectivity index (χ1) is 6.02. The van der Waals surface area contributed by atoms with Crippen molar-refractivity contribution < 1.29 is 9.59 Å². The Morgan fingerprint density at radius 2 is 2.08 bits per heavy atom. The molecule has 0 aromatic carbocycles. The molecule has 0 saturated carbocycles. The zero-order chi connectivity index (χ0) is 10.3. The Bertz CT molecular complexity index is 183. The van der Waals surface area contributed by atoms with Crippen LogP contribution >= 0.6 is 11.8 Å². The molecule has 0 aromatic heterocycles. The number of hydrogen-bond donors (Lipinski definition) is 2. The van der Waals surface area contributed by atoms with Gasteiger partial charge >= 0.3 is 0 Å². The number of primary amides is 1. The molecule has 0 aliphatic carbocycles. The summed E-state index contributed by atoms with van der Waals surface area (Å²) in [6.45, 7) is 3.82. The maximum atomic E-state index is 11.1. The highest BCUT2D eigenvalue weighted by Crippen LogP contribution is 2.01. The van der Waals surface area contributed by atoms with Crippen LogP contribution < -0.4 is 11.1 Å². The minimum absolute atomic E-state index is 0.0203. The van der Waals surface area contributed by atoms with Crippen molar-refractivity contribution in [1.29, 1.82) is 0 Å². The summed E-state index contributed by atoms with van der Waals surface area (Å²) in [5, 5.41) is 2.76. The van der Waals surface area contributed by atoms with Gasteiger partial charge in [0.1, 0.15) is 0 Å². The van der Waals surface area contributed by atoms with Crippen LogP contribution in [0.4, 0.5) is 0 Å². The van der Waals surface area contributed by atoms with Gasteiger partial charge in [-0.1, -0.05) is 0 Å². The van der Waals surface area contributed by atoms with Gasteiger partial charge in [-0.15, -0.1) is 0 Å². The van der Waals surface area contributed by atoms with Crippen LogP contribution in [0.15, 0.2) is 0 Å². The number of amides is 2. The number of carbonyl (C=O) groups is 2. The first kappa shape index (κ1) is 12.3. The van der Waals surface area contributed by atoms with E-state index in [2.05, 4.69) is 5.32 Å². The molecule has 5 heteroatoms. The number of carbonyl (C=O) groups excluding carboxylic acids is 2. The molecule has 0 fully saturated rings. The Morgan fingerprint density at radius 1 is 1.46 bits per heavy atom. The minimum Gasteiger partial charge on any atom is -0.369 e. The molecule has 0 radical (unpaired) electrons. The van der Waals surface area contributed by atoms with Gasteiger partial charge in [0.25, 0.3) is 0 Å². The standard InChI is InChI=1S/C8H16N2O2S/c1-6(2)10-8(12)3-4-13-5-7(9)11/h6H,3-5H2,1-2H3,(H2,9,11)(H,10,12). The fraction of sp³-hybridized carbons (Fsp3) is 0.750. The Morgan fingerprint density at radius 3 is 2.54 bits per heavy atom. The molecule has 0 aliphatic heterocycles. The van der Waals surface area contributed by atoms with Crippen molar-refractivity contribution in [3.8, 4) is 0 Å². The Balaban J connectivity index is 3.32. The van der Waals surface area contributed by atoms with E-state index < -0.39 is 0 Å². The zero-order valence-corrected chi connectivity index (χ0v) is 8.82. The van der Waals surface area contributed by atoms with Gasteiger partial charge in [-0.2, -0.15) is 11.8 Å². The Kier molecular flexibility index (Phi) is 6.40. The van der Waals surface area contributed by atoms with E-state index in [0.717, 1.165) is 0 Å². The fourth-order valence-corrected chi connectivity index (χ4v) is 1.41. The first-order valence-corrected chi connectivity index (χ1v) is 5.33. The second kappa shape index (κ2) is 6.77. The van der Waals surface area contributed by atoms with Crippen LogP contribution in [0.25, 0.3) is 0 Å². The number of hydrogen-bond acceptors (Lipinski definition) is 3. The van der Waals surface area contributed by atoms with Gasteiger partial charge < -0.3 is 11.1 Å². The number of nitrogens with one attached hydrogen (secondary N) is 1. The van der Waals surface area contributed by atoms with Gasteiger partial charge in [-0.3, -0.25) is 9.59 Å². The summed E-state index contributed by atoms with van der Waals surface area (Å²) in [4.78, 5) is 21.4. The van der Waals surface area contributed by atoms with Gasteiger partial charge in [-0.25, -0.2) is 0 Å². The summed E-state index contributed by atoms with van der Waals surface area (Å²) in [6, 6.07) is 0.175. The lowest BCUT2D eigenvalue weighted by atomic mass is 10.3. The molecule has 0 unspecified atom stereocenters. The number of rotatable bonds is 6. The molecule has 0 spiro atoms. The van der Waals surface area contributed by atoms with Crippen molar-refractivity contribution in [1.82, 2.24) is 5.32 Å². The molecular weight excluding hydrogens is 188 g/mol. The van der Waals surface area contributed by atoms with Crippen LogP contribution in [0.3, 0.4) is 0 Å². The quantitative estimate of drug-likeness (QED) is 0.604. The van der Waals surface area contributed by atoms with Crippen LogP contribution in [0.2, 0.25) is 0 Å². The highest BCUT2D eigenvalue weighted by atomic mass is 32.2. The fourth-order valence-electron chi connectivity index (χ4n) is 0.732. The molecule has 0 saturated heterocycles. The smallest absolute Gasteiger partial charge is 0.227 e. The molecule has 0 heterocycles. The lowest BCUT2D eigenvalue weighted by Crippen LogP contribution is -2.30. The van der Waals surface area contributed by atoms with Crippen molar-refractivity contribution in [2.75, 3.05) is 11.5 Å². The van der Waals surface area contributed by atoms with Crippen molar-refractivity contribution in [2.45, 2.75) is 26.3 Å². The molecule has 76 valence electrons. The van der Waals surface area contributed by atoms with E-state index in [1.807, 2.05) is 13.8 Å². The monoisotopic (exact) mass is 204 g/mol. The topological polar surface area (TPSA) is 72.2 Å². The Labute approximate surface area is 82.6 Å². The lowest BCUT2D eigenvalue weighted by Gasteiger charge is -2.07. The summed E-state index contributed by atoms with van der Waals surface area (Å²) in [5.41, 5.74) is 4.93. The molecule has 0 bridgehead atoms. The second-order valence-corrected chi connectivity index (χ2v) is 4.10. The predicted molar refractivity (Wildman–Crippen MR) is 54.4 cm³/mol. The van der Waals surface area contributed by atoms with Crippen LogP contribution in [-0.4, -0.2) is 29.4 Å². The largest absolute Gasteiger partial charge is 0.369 e. The van der Waals surface area contributed by atoms with E-state index in [9.17, 15) is 9.59 Å². The van der Waals surface area contributed by atoms with Gasteiger partial charge in [0, 0.05) is 18.2 Å². The van der Waals surface area contributed by atoms with Crippen LogP contribution in [0.5, 0.6) is 0 Å². The van der Waals surface area contributed by atoms with Crippen molar-refractivity contribution >= 4 is 23.6 Å². The van der Waals surface area contributed by atoms with E-state index in [1.54, 1.807) is 0 Å². The summed E-state index contributed by atoms with van der Waals surface area (Å²) in [6.07, 6.45) is 0.441. The van der Waals surface area contributed by atoms with Crippen molar-refractivity contribution in [3.63, 3.8) is 0 Å². The second-order valence-electron chi connectivity index (χ2n) is 2.99. The third-order valence-corrected chi connectivity index (χ3v) is 2.15.